The minimum Gasteiger partial charge on any atom is -0.369 e. The molecule has 1 aliphatic carbocycles. The number of amides is 2. The molecule has 0 saturated heterocycles. The minimum absolute atomic E-state index is 0.00609. The monoisotopic (exact) mass is 269 g/mol. The predicted octanol–water partition coefficient (Wildman–Crippen LogP) is 0.768. The van der Waals surface area contributed by atoms with Crippen molar-refractivity contribution in [1.82, 2.24) is 5.32 Å². The topological polar surface area (TPSA) is 98.2 Å². The van der Waals surface area contributed by atoms with Crippen molar-refractivity contribution in [2.75, 3.05) is 6.54 Å². The zero-order valence-electron chi connectivity index (χ0n) is 12.2. The van der Waals surface area contributed by atoms with Gasteiger partial charge in [0.05, 0.1) is 5.41 Å². The summed E-state index contributed by atoms with van der Waals surface area (Å²) in [5.74, 6) is -0.121. The minimum atomic E-state index is -0.710. The number of carbonyl (C=O) groups is 2. The van der Waals surface area contributed by atoms with Crippen LogP contribution in [0.3, 0.4) is 0 Å². The summed E-state index contributed by atoms with van der Waals surface area (Å²) in [6, 6.07) is 0.219. The number of hydrogen-bond donors (Lipinski definition) is 3. The molecule has 0 aromatic heterocycles. The summed E-state index contributed by atoms with van der Waals surface area (Å²) in [4.78, 5) is 23.3. The highest BCUT2D eigenvalue weighted by molar-refractivity contribution is 5.82. The third-order valence-electron chi connectivity index (χ3n) is 4.25. The van der Waals surface area contributed by atoms with E-state index in [1.807, 2.05) is 6.92 Å². The molecular formula is C14H27N3O2. The summed E-state index contributed by atoms with van der Waals surface area (Å²) >= 11 is 0. The molecule has 0 bridgehead atoms. The number of primary amides is 1. The predicted molar refractivity (Wildman–Crippen MR) is 75.1 cm³/mol. The molecule has 0 spiro atoms. The van der Waals surface area contributed by atoms with Gasteiger partial charge in [-0.25, -0.2) is 0 Å². The van der Waals surface area contributed by atoms with Crippen LogP contribution >= 0.6 is 0 Å². The van der Waals surface area contributed by atoms with E-state index in [0.717, 1.165) is 25.7 Å². The van der Waals surface area contributed by atoms with Gasteiger partial charge in [0, 0.05) is 18.5 Å². The molecule has 0 aromatic carbocycles. The van der Waals surface area contributed by atoms with Gasteiger partial charge in [0.2, 0.25) is 11.8 Å². The van der Waals surface area contributed by atoms with Gasteiger partial charge in [-0.3, -0.25) is 9.59 Å². The lowest BCUT2D eigenvalue weighted by atomic mass is 9.78. The Morgan fingerprint density at radius 1 is 1.37 bits per heavy atom. The molecule has 0 heterocycles. The van der Waals surface area contributed by atoms with E-state index >= 15 is 0 Å². The van der Waals surface area contributed by atoms with Crippen LogP contribution in [0.25, 0.3) is 0 Å². The molecule has 1 rings (SSSR count). The van der Waals surface area contributed by atoms with E-state index in [2.05, 4.69) is 5.32 Å². The second-order valence-electron chi connectivity index (χ2n) is 6.44. The van der Waals surface area contributed by atoms with Crippen molar-refractivity contribution in [3.8, 4) is 0 Å². The molecule has 1 aliphatic rings. The van der Waals surface area contributed by atoms with Crippen molar-refractivity contribution < 1.29 is 9.59 Å². The van der Waals surface area contributed by atoms with Crippen LogP contribution < -0.4 is 16.8 Å². The van der Waals surface area contributed by atoms with Gasteiger partial charge in [-0.2, -0.15) is 0 Å². The van der Waals surface area contributed by atoms with Gasteiger partial charge in [0.1, 0.15) is 0 Å². The molecule has 0 aromatic rings. The number of nitrogens with two attached hydrogens (primary N) is 2. The Bertz CT molecular complexity index is 342. The summed E-state index contributed by atoms with van der Waals surface area (Å²) in [5.41, 5.74) is 10.5. The fraction of sp³-hybridized carbons (Fsp3) is 0.857. The molecular weight excluding hydrogens is 242 g/mol. The van der Waals surface area contributed by atoms with Crippen LogP contribution in [0, 0.1) is 17.3 Å². The zero-order chi connectivity index (χ0) is 14.6. The molecule has 3 unspecified atom stereocenters. The Kier molecular flexibility index (Phi) is 5.35. The second-order valence-corrected chi connectivity index (χ2v) is 6.44. The van der Waals surface area contributed by atoms with E-state index in [1.54, 1.807) is 13.8 Å². The Labute approximate surface area is 115 Å². The Morgan fingerprint density at radius 3 is 2.53 bits per heavy atom. The van der Waals surface area contributed by atoms with Crippen molar-refractivity contribution in [2.45, 2.75) is 52.5 Å². The van der Waals surface area contributed by atoms with Gasteiger partial charge in [0.25, 0.3) is 0 Å². The highest BCUT2D eigenvalue weighted by Crippen LogP contribution is 2.29. The van der Waals surface area contributed by atoms with E-state index in [9.17, 15) is 9.59 Å². The summed E-state index contributed by atoms with van der Waals surface area (Å²) in [6.45, 7) is 5.69. The molecule has 1 saturated carbocycles. The molecule has 2 amide bonds. The molecule has 3 atom stereocenters. The van der Waals surface area contributed by atoms with Crippen LogP contribution in [0.4, 0.5) is 0 Å². The van der Waals surface area contributed by atoms with Gasteiger partial charge in [0.15, 0.2) is 0 Å². The first-order chi connectivity index (χ1) is 8.74. The van der Waals surface area contributed by atoms with Crippen molar-refractivity contribution in [2.24, 2.45) is 28.7 Å². The lowest BCUT2D eigenvalue weighted by Gasteiger charge is -2.31. The molecule has 5 nitrogen and oxygen atoms in total. The summed E-state index contributed by atoms with van der Waals surface area (Å²) in [6.07, 6.45) is 4.12. The highest BCUT2D eigenvalue weighted by Gasteiger charge is 2.30. The lowest BCUT2D eigenvalue weighted by Crippen LogP contribution is -2.45. The van der Waals surface area contributed by atoms with Crippen molar-refractivity contribution >= 4 is 11.8 Å². The number of carbonyl (C=O) groups excluding carboxylic acids is 2. The maximum atomic E-state index is 12.1. The fourth-order valence-corrected chi connectivity index (χ4v) is 2.49. The number of rotatable bonds is 5. The average molecular weight is 269 g/mol. The summed E-state index contributed by atoms with van der Waals surface area (Å²) in [7, 11) is 0. The Balaban J connectivity index is 2.46. The van der Waals surface area contributed by atoms with Gasteiger partial charge in [-0.15, -0.1) is 0 Å². The van der Waals surface area contributed by atoms with Crippen molar-refractivity contribution in [3.63, 3.8) is 0 Å². The maximum absolute atomic E-state index is 12.1. The smallest absolute Gasteiger partial charge is 0.224 e. The van der Waals surface area contributed by atoms with Crippen LogP contribution in [0.5, 0.6) is 0 Å². The largest absolute Gasteiger partial charge is 0.369 e. The Hall–Kier alpha value is -1.10. The third-order valence-corrected chi connectivity index (χ3v) is 4.25. The molecule has 1 fully saturated rings. The first-order valence-electron chi connectivity index (χ1n) is 7.07. The zero-order valence-corrected chi connectivity index (χ0v) is 12.2. The molecule has 5 N–H and O–H groups in total. The standard InChI is InChI=1S/C14H27N3O2/c1-9(10-5-4-6-11(15)7-10)12(18)17-8-14(2,3)13(16)19/h9-11H,4-8,15H2,1-3H3,(H2,16,19)(H,17,18). The van der Waals surface area contributed by atoms with Gasteiger partial charge in [-0.05, 0) is 39.0 Å². The van der Waals surface area contributed by atoms with Crippen LogP contribution in [0.1, 0.15) is 46.5 Å². The molecule has 19 heavy (non-hydrogen) atoms. The first kappa shape index (κ1) is 16.0. The second kappa shape index (κ2) is 6.37. The SMILES string of the molecule is CC(C(=O)NCC(C)(C)C(N)=O)C1CCCC(N)C1. The van der Waals surface area contributed by atoms with E-state index in [0.29, 0.717) is 5.92 Å². The van der Waals surface area contributed by atoms with E-state index in [1.165, 1.54) is 0 Å². The summed E-state index contributed by atoms with van der Waals surface area (Å²) in [5, 5.41) is 2.84. The molecule has 0 aliphatic heterocycles. The number of nitrogens with one attached hydrogen (secondary N) is 1. The average Bonchev–Trinajstić information content (AvgIpc) is 2.35. The van der Waals surface area contributed by atoms with Crippen LogP contribution in [0.15, 0.2) is 0 Å². The van der Waals surface area contributed by atoms with Gasteiger partial charge in [-0.1, -0.05) is 13.3 Å². The quantitative estimate of drug-likeness (QED) is 0.687. The number of hydrogen-bond acceptors (Lipinski definition) is 3. The highest BCUT2D eigenvalue weighted by atomic mass is 16.2. The normalized spacial score (nSPS) is 25.7. The fourth-order valence-electron chi connectivity index (χ4n) is 2.49. The van der Waals surface area contributed by atoms with Crippen LogP contribution in [-0.2, 0) is 9.59 Å². The third kappa shape index (κ3) is 4.49. The van der Waals surface area contributed by atoms with Crippen LogP contribution in [-0.4, -0.2) is 24.4 Å². The maximum Gasteiger partial charge on any atom is 0.224 e. The van der Waals surface area contributed by atoms with Gasteiger partial charge < -0.3 is 16.8 Å². The van der Waals surface area contributed by atoms with Crippen molar-refractivity contribution in [1.29, 1.82) is 0 Å². The molecule has 0 radical (unpaired) electrons. The Morgan fingerprint density at radius 2 is 2.00 bits per heavy atom. The summed E-state index contributed by atoms with van der Waals surface area (Å²) < 4.78 is 0. The van der Waals surface area contributed by atoms with E-state index < -0.39 is 11.3 Å². The molecule has 110 valence electrons. The molecule has 5 heteroatoms. The lowest BCUT2D eigenvalue weighted by molar-refractivity contribution is -0.129. The van der Waals surface area contributed by atoms with E-state index in [-0.39, 0.29) is 24.4 Å². The van der Waals surface area contributed by atoms with E-state index in [4.69, 9.17) is 11.5 Å². The van der Waals surface area contributed by atoms with Crippen LogP contribution in [0.2, 0.25) is 0 Å². The first-order valence-corrected chi connectivity index (χ1v) is 7.07. The van der Waals surface area contributed by atoms with Gasteiger partial charge >= 0.3 is 0 Å². The van der Waals surface area contributed by atoms with Crippen molar-refractivity contribution in [3.05, 3.63) is 0 Å².